The number of nitrogens with zero attached hydrogens (tertiary/aromatic N) is 1. The summed E-state index contributed by atoms with van der Waals surface area (Å²) >= 11 is 0. The van der Waals surface area contributed by atoms with Gasteiger partial charge in [-0.15, -0.1) is 6.58 Å². The molecule has 1 heterocycles. The molecule has 6 atom stereocenters. The summed E-state index contributed by atoms with van der Waals surface area (Å²) in [5.74, 6) is 2.28. The number of aryl methyl sites for hydroxylation is 1. The minimum Gasteiger partial charge on any atom is -0.508 e. The van der Waals surface area contributed by atoms with Crippen LogP contribution in [0, 0.1) is 16.7 Å². The molecule has 37 heavy (non-hydrogen) atoms. The molecule has 0 bridgehead atoms. The highest BCUT2D eigenvalue weighted by Gasteiger charge is 2.63. The molecule has 2 aromatic rings. The van der Waals surface area contributed by atoms with Crippen molar-refractivity contribution in [2.24, 2.45) is 16.7 Å². The van der Waals surface area contributed by atoms with Crippen LogP contribution in [0.25, 0.3) is 0 Å². The van der Waals surface area contributed by atoms with Crippen LogP contribution in [-0.2, 0) is 6.42 Å². The van der Waals surface area contributed by atoms with Gasteiger partial charge in [0.05, 0.1) is 6.10 Å². The molecule has 2 unspecified atom stereocenters. The maximum Gasteiger partial charge on any atom is 0.119 e. The predicted molar refractivity (Wildman–Crippen MR) is 148 cm³/mol. The van der Waals surface area contributed by atoms with E-state index in [1.54, 1.807) is 0 Å². The first-order valence-corrected chi connectivity index (χ1v) is 14.5. The van der Waals surface area contributed by atoms with Gasteiger partial charge < -0.3 is 14.9 Å². The number of benzene rings is 2. The zero-order valence-corrected chi connectivity index (χ0v) is 22.4. The lowest BCUT2D eigenvalue weighted by Crippen LogP contribution is -2.53. The van der Waals surface area contributed by atoms with Gasteiger partial charge in [0.15, 0.2) is 0 Å². The number of hydrogen-bond acceptors (Lipinski definition) is 4. The Morgan fingerprint density at radius 2 is 1.86 bits per heavy atom. The van der Waals surface area contributed by atoms with E-state index in [4.69, 9.17) is 4.74 Å². The van der Waals surface area contributed by atoms with Gasteiger partial charge in [0.25, 0.3) is 0 Å². The molecule has 4 aliphatic rings. The fraction of sp³-hybridized carbons (Fsp3) is 0.576. The summed E-state index contributed by atoms with van der Waals surface area (Å²) in [6.45, 7) is 10.9. The molecule has 2 aromatic carbocycles. The Kier molecular flexibility index (Phi) is 6.61. The van der Waals surface area contributed by atoms with E-state index < -0.39 is 0 Å². The molecule has 198 valence electrons. The van der Waals surface area contributed by atoms with Crippen LogP contribution in [0.2, 0.25) is 0 Å². The van der Waals surface area contributed by atoms with Gasteiger partial charge >= 0.3 is 0 Å². The van der Waals surface area contributed by atoms with E-state index in [-0.39, 0.29) is 22.9 Å². The minimum atomic E-state index is -0.267. The lowest BCUT2D eigenvalue weighted by Gasteiger charge is -2.60. The summed E-state index contributed by atoms with van der Waals surface area (Å²) in [5.41, 5.74) is 3.78. The number of likely N-dealkylation sites (tertiary alicyclic amines) is 1. The lowest BCUT2D eigenvalue weighted by molar-refractivity contribution is -0.0630. The van der Waals surface area contributed by atoms with Gasteiger partial charge in [-0.2, -0.15) is 0 Å². The van der Waals surface area contributed by atoms with Crippen LogP contribution in [0.4, 0.5) is 0 Å². The maximum absolute atomic E-state index is 11.2. The molecular formula is C33H43NO3. The summed E-state index contributed by atoms with van der Waals surface area (Å²) in [5, 5.41) is 21.5. The minimum absolute atomic E-state index is 0.0528. The number of allylic oxidation sites excluding steroid dienone is 1. The fourth-order valence-corrected chi connectivity index (χ4v) is 8.83. The molecule has 6 rings (SSSR count). The number of phenols is 1. The standard InChI is InChI=1S/C33H43NO3/c1-3-33-16-15-24-21-25(35)9-12-27(24)31(33)28(22-32(2)29(33)13-14-30(32)36)23-7-10-26(11-8-23)37-20-19-34-17-5-4-6-18-34/h3,7-12,21,28-31,35-36H,1,4-6,13-20,22H2,2H3/t28-,29?,30+,31?,32+,33+/m1/s1. The van der Waals surface area contributed by atoms with Crippen LogP contribution in [0.15, 0.2) is 55.1 Å². The van der Waals surface area contributed by atoms with Gasteiger partial charge in [0.2, 0.25) is 0 Å². The topological polar surface area (TPSA) is 52.9 Å². The van der Waals surface area contributed by atoms with Gasteiger partial charge in [-0.3, -0.25) is 4.90 Å². The Balaban J connectivity index is 1.31. The highest BCUT2D eigenvalue weighted by Crippen LogP contribution is 2.71. The highest BCUT2D eigenvalue weighted by atomic mass is 16.5. The van der Waals surface area contributed by atoms with Crippen molar-refractivity contribution in [3.05, 3.63) is 71.8 Å². The average Bonchev–Trinajstić information content (AvgIpc) is 3.23. The van der Waals surface area contributed by atoms with Crippen molar-refractivity contribution in [1.82, 2.24) is 4.90 Å². The molecule has 0 spiro atoms. The quantitative estimate of drug-likeness (QED) is 0.448. The first-order valence-electron chi connectivity index (χ1n) is 14.5. The first kappa shape index (κ1) is 25.0. The van der Waals surface area contributed by atoms with Gasteiger partial charge in [-0.25, -0.2) is 0 Å². The highest BCUT2D eigenvalue weighted by molar-refractivity contribution is 5.46. The van der Waals surface area contributed by atoms with Crippen LogP contribution in [-0.4, -0.2) is 47.5 Å². The lowest BCUT2D eigenvalue weighted by atomic mass is 9.44. The second kappa shape index (κ2) is 9.78. The van der Waals surface area contributed by atoms with Crippen LogP contribution in [0.5, 0.6) is 11.5 Å². The second-order valence-electron chi connectivity index (χ2n) is 12.5. The summed E-state index contributed by atoms with van der Waals surface area (Å²) in [7, 11) is 0. The van der Waals surface area contributed by atoms with Crippen LogP contribution in [0.3, 0.4) is 0 Å². The van der Waals surface area contributed by atoms with E-state index in [9.17, 15) is 10.2 Å². The van der Waals surface area contributed by atoms with Gasteiger partial charge in [0.1, 0.15) is 18.1 Å². The maximum atomic E-state index is 11.2. The number of aliphatic hydroxyl groups excluding tert-OH is 1. The van der Waals surface area contributed by atoms with E-state index in [2.05, 4.69) is 54.8 Å². The van der Waals surface area contributed by atoms with Gasteiger partial charge in [-0.05, 0) is 122 Å². The number of fused-ring (bicyclic) bond motifs is 5. The SMILES string of the molecule is C=C[C@@]12CCc3cc(O)ccc3C1[C@@H](c1ccc(OCCN3CCCCC3)cc1)C[C@@]1(C)C2CC[C@@H]1O. The van der Waals surface area contributed by atoms with Crippen LogP contribution >= 0.6 is 0 Å². The summed E-state index contributed by atoms with van der Waals surface area (Å²) in [6, 6.07) is 14.8. The molecule has 4 nitrogen and oxygen atoms in total. The van der Waals surface area contributed by atoms with Crippen molar-refractivity contribution in [2.75, 3.05) is 26.2 Å². The normalized spacial score (nSPS) is 35.3. The Morgan fingerprint density at radius 3 is 2.62 bits per heavy atom. The molecule has 1 saturated heterocycles. The molecule has 3 aliphatic carbocycles. The Labute approximate surface area is 222 Å². The van der Waals surface area contributed by atoms with Crippen molar-refractivity contribution in [2.45, 2.75) is 76.2 Å². The van der Waals surface area contributed by atoms with E-state index in [1.165, 1.54) is 49.0 Å². The van der Waals surface area contributed by atoms with Crippen molar-refractivity contribution in [1.29, 1.82) is 0 Å². The molecule has 2 N–H and O–H groups in total. The molecule has 0 amide bonds. The molecule has 0 radical (unpaired) electrons. The number of ether oxygens (including phenoxy) is 1. The summed E-state index contributed by atoms with van der Waals surface area (Å²) < 4.78 is 6.15. The third kappa shape index (κ3) is 4.21. The predicted octanol–water partition coefficient (Wildman–Crippen LogP) is 6.42. The number of rotatable bonds is 6. The number of aliphatic hydroxyl groups is 1. The third-order valence-corrected chi connectivity index (χ3v) is 10.7. The fourth-order valence-electron chi connectivity index (χ4n) is 8.83. The zero-order chi connectivity index (χ0) is 25.6. The second-order valence-corrected chi connectivity index (χ2v) is 12.5. The molecule has 0 aromatic heterocycles. The number of aromatic hydroxyl groups is 1. The molecule has 3 fully saturated rings. The molecular weight excluding hydrogens is 458 g/mol. The number of phenolic OH excluding ortho intramolecular Hbond substituents is 1. The van der Waals surface area contributed by atoms with Crippen molar-refractivity contribution >= 4 is 0 Å². The molecule has 4 heteroatoms. The van der Waals surface area contributed by atoms with Gasteiger partial charge in [0, 0.05) is 12.5 Å². The monoisotopic (exact) mass is 501 g/mol. The summed E-state index contributed by atoms with van der Waals surface area (Å²) in [6.07, 6.45) is 10.8. The Hall–Kier alpha value is -2.30. The molecule has 1 aliphatic heterocycles. The smallest absolute Gasteiger partial charge is 0.119 e. The zero-order valence-electron chi connectivity index (χ0n) is 22.4. The van der Waals surface area contributed by atoms with Crippen molar-refractivity contribution in [3.8, 4) is 11.5 Å². The van der Waals surface area contributed by atoms with E-state index in [0.29, 0.717) is 17.6 Å². The Morgan fingerprint density at radius 1 is 1.08 bits per heavy atom. The molecule has 2 saturated carbocycles. The van der Waals surface area contributed by atoms with Crippen molar-refractivity contribution < 1.29 is 14.9 Å². The third-order valence-electron chi connectivity index (χ3n) is 10.7. The first-order chi connectivity index (χ1) is 17.9. The number of hydrogen-bond donors (Lipinski definition) is 2. The largest absolute Gasteiger partial charge is 0.508 e. The van der Waals surface area contributed by atoms with E-state index in [1.807, 2.05) is 12.1 Å². The van der Waals surface area contributed by atoms with Crippen LogP contribution in [0.1, 0.15) is 80.4 Å². The Bertz CT molecular complexity index is 1120. The van der Waals surface area contributed by atoms with Crippen LogP contribution < -0.4 is 4.74 Å². The number of piperidine rings is 1. The van der Waals surface area contributed by atoms with Gasteiger partial charge in [-0.1, -0.05) is 37.6 Å². The van der Waals surface area contributed by atoms with E-state index >= 15 is 0 Å². The average molecular weight is 502 g/mol. The van der Waals surface area contributed by atoms with E-state index in [0.717, 1.165) is 51.0 Å². The summed E-state index contributed by atoms with van der Waals surface area (Å²) in [4.78, 5) is 2.51. The van der Waals surface area contributed by atoms with Crippen molar-refractivity contribution in [3.63, 3.8) is 0 Å².